The standard InChI is InChI=1S/C10H8F4O/c1-9(5-15-9)8-4-6(11)2-3-7(8)10(12,13)14/h2-4H,5H2,1H3. The summed E-state index contributed by atoms with van der Waals surface area (Å²) in [5.41, 5.74) is -1.94. The molecule has 1 aromatic rings. The fraction of sp³-hybridized carbons (Fsp3) is 0.400. The fourth-order valence-electron chi connectivity index (χ4n) is 1.46. The van der Waals surface area contributed by atoms with E-state index in [4.69, 9.17) is 4.74 Å². The Labute approximate surface area is 83.7 Å². The molecule has 1 aromatic carbocycles. The predicted molar refractivity (Wildman–Crippen MR) is 44.7 cm³/mol. The number of hydrogen-bond acceptors (Lipinski definition) is 1. The van der Waals surface area contributed by atoms with Crippen molar-refractivity contribution in [3.05, 3.63) is 35.1 Å². The molecule has 82 valence electrons. The molecule has 1 unspecified atom stereocenters. The van der Waals surface area contributed by atoms with Gasteiger partial charge in [0.15, 0.2) is 0 Å². The van der Waals surface area contributed by atoms with E-state index in [9.17, 15) is 17.6 Å². The van der Waals surface area contributed by atoms with E-state index in [1.54, 1.807) is 0 Å². The van der Waals surface area contributed by atoms with E-state index in [0.717, 1.165) is 18.2 Å². The lowest BCUT2D eigenvalue weighted by Gasteiger charge is -2.15. The summed E-state index contributed by atoms with van der Waals surface area (Å²) in [6, 6.07) is 2.44. The quantitative estimate of drug-likeness (QED) is 0.523. The first-order valence-corrected chi connectivity index (χ1v) is 4.34. The Morgan fingerprint density at radius 1 is 1.33 bits per heavy atom. The highest BCUT2D eigenvalue weighted by Crippen LogP contribution is 2.44. The van der Waals surface area contributed by atoms with Gasteiger partial charge in [0, 0.05) is 5.56 Å². The van der Waals surface area contributed by atoms with Gasteiger partial charge in [-0.05, 0) is 25.1 Å². The van der Waals surface area contributed by atoms with Crippen molar-refractivity contribution in [3.8, 4) is 0 Å². The largest absolute Gasteiger partial charge is 0.416 e. The van der Waals surface area contributed by atoms with Crippen molar-refractivity contribution < 1.29 is 22.3 Å². The molecule has 0 saturated carbocycles. The molecule has 0 bridgehead atoms. The number of alkyl halides is 3. The second-order valence-corrected chi connectivity index (χ2v) is 3.71. The van der Waals surface area contributed by atoms with Gasteiger partial charge in [0.2, 0.25) is 0 Å². The Balaban J connectivity index is 2.55. The molecule has 1 heterocycles. The van der Waals surface area contributed by atoms with Gasteiger partial charge < -0.3 is 4.74 Å². The molecule has 5 heteroatoms. The van der Waals surface area contributed by atoms with Crippen molar-refractivity contribution in [3.63, 3.8) is 0 Å². The third-order valence-corrected chi connectivity index (χ3v) is 2.43. The zero-order chi connectivity index (χ0) is 11.3. The summed E-state index contributed by atoms with van der Waals surface area (Å²) < 4.78 is 55.5. The molecule has 15 heavy (non-hydrogen) atoms. The normalized spacial score (nSPS) is 25.4. The maximum absolute atomic E-state index is 12.9. The minimum absolute atomic E-state index is 0.130. The molecule has 2 rings (SSSR count). The molecule has 1 aliphatic rings. The van der Waals surface area contributed by atoms with Gasteiger partial charge in [0.25, 0.3) is 0 Å². The van der Waals surface area contributed by atoms with Crippen LogP contribution in [0.15, 0.2) is 18.2 Å². The molecule has 1 saturated heterocycles. The van der Waals surface area contributed by atoms with Gasteiger partial charge in [-0.2, -0.15) is 13.2 Å². The van der Waals surface area contributed by atoms with Crippen molar-refractivity contribution >= 4 is 0 Å². The monoisotopic (exact) mass is 220 g/mol. The summed E-state index contributed by atoms with van der Waals surface area (Å²) in [6.45, 7) is 1.70. The molecule has 1 nitrogen and oxygen atoms in total. The Kier molecular flexibility index (Phi) is 2.05. The molecule has 0 aliphatic carbocycles. The lowest BCUT2D eigenvalue weighted by Crippen LogP contribution is -2.15. The molecule has 1 atom stereocenters. The van der Waals surface area contributed by atoms with Gasteiger partial charge in [-0.1, -0.05) is 0 Å². The maximum Gasteiger partial charge on any atom is 0.416 e. The van der Waals surface area contributed by atoms with Crippen molar-refractivity contribution in [2.24, 2.45) is 0 Å². The number of ether oxygens (including phenoxy) is 1. The highest BCUT2D eigenvalue weighted by atomic mass is 19.4. The molecule has 1 fully saturated rings. The molecule has 1 aliphatic heterocycles. The molecule has 0 spiro atoms. The molecule has 0 amide bonds. The highest BCUT2D eigenvalue weighted by molar-refractivity contribution is 5.37. The predicted octanol–water partition coefficient (Wildman–Crippen LogP) is 3.09. The first kappa shape index (κ1) is 10.4. The number of hydrogen-bond donors (Lipinski definition) is 0. The summed E-state index contributed by atoms with van der Waals surface area (Å²) in [7, 11) is 0. The van der Waals surface area contributed by atoms with Gasteiger partial charge in [-0.25, -0.2) is 4.39 Å². The number of benzene rings is 1. The minimum Gasteiger partial charge on any atom is -0.365 e. The zero-order valence-corrected chi connectivity index (χ0v) is 7.86. The topological polar surface area (TPSA) is 12.5 Å². The summed E-state index contributed by atoms with van der Waals surface area (Å²) in [4.78, 5) is 0. The van der Waals surface area contributed by atoms with E-state index in [0.29, 0.717) is 0 Å². The van der Waals surface area contributed by atoms with Crippen LogP contribution in [0.4, 0.5) is 17.6 Å². The van der Waals surface area contributed by atoms with Crippen LogP contribution in [0.5, 0.6) is 0 Å². The smallest absolute Gasteiger partial charge is 0.365 e. The van der Waals surface area contributed by atoms with Gasteiger partial charge >= 0.3 is 6.18 Å². The summed E-state index contributed by atoms with van der Waals surface area (Å²) in [5.74, 6) is -0.685. The molecular formula is C10H8F4O. The zero-order valence-electron chi connectivity index (χ0n) is 7.86. The Morgan fingerprint density at radius 2 is 1.93 bits per heavy atom. The number of epoxide rings is 1. The van der Waals surface area contributed by atoms with Crippen LogP contribution in [0.1, 0.15) is 18.1 Å². The van der Waals surface area contributed by atoms with Crippen LogP contribution in [0.3, 0.4) is 0 Å². The van der Waals surface area contributed by atoms with Gasteiger partial charge in [-0.3, -0.25) is 0 Å². The number of halogens is 4. The second-order valence-electron chi connectivity index (χ2n) is 3.71. The van der Waals surface area contributed by atoms with E-state index < -0.39 is 23.2 Å². The Hall–Kier alpha value is -1.10. The van der Waals surface area contributed by atoms with E-state index in [1.165, 1.54) is 6.92 Å². The fourth-order valence-corrected chi connectivity index (χ4v) is 1.46. The van der Waals surface area contributed by atoms with Crippen LogP contribution in [-0.4, -0.2) is 6.61 Å². The van der Waals surface area contributed by atoms with Gasteiger partial charge in [-0.15, -0.1) is 0 Å². The highest BCUT2D eigenvalue weighted by Gasteiger charge is 2.47. The van der Waals surface area contributed by atoms with Crippen LogP contribution in [0.2, 0.25) is 0 Å². The third-order valence-electron chi connectivity index (χ3n) is 2.43. The Morgan fingerprint density at radius 3 is 2.40 bits per heavy atom. The van der Waals surface area contributed by atoms with E-state index in [1.807, 2.05) is 0 Å². The van der Waals surface area contributed by atoms with E-state index >= 15 is 0 Å². The van der Waals surface area contributed by atoms with Crippen LogP contribution in [0.25, 0.3) is 0 Å². The number of rotatable bonds is 1. The van der Waals surface area contributed by atoms with Gasteiger partial charge in [0.1, 0.15) is 11.4 Å². The average molecular weight is 220 g/mol. The van der Waals surface area contributed by atoms with E-state index in [-0.39, 0.29) is 12.2 Å². The summed E-state index contributed by atoms with van der Waals surface area (Å²) in [6.07, 6.45) is -4.47. The third kappa shape index (κ3) is 1.84. The summed E-state index contributed by atoms with van der Waals surface area (Å²) >= 11 is 0. The van der Waals surface area contributed by atoms with E-state index in [2.05, 4.69) is 0 Å². The van der Waals surface area contributed by atoms with Crippen molar-refractivity contribution in [2.75, 3.05) is 6.61 Å². The lowest BCUT2D eigenvalue weighted by atomic mass is 9.96. The second kappa shape index (κ2) is 2.95. The lowest BCUT2D eigenvalue weighted by molar-refractivity contribution is -0.138. The van der Waals surface area contributed by atoms with Crippen LogP contribution in [0, 0.1) is 5.82 Å². The molecule has 0 aromatic heterocycles. The maximum atomic E-state index is 12.9. The van der Waals surface area contributed by atoms with Crippen molar-refractivity contribution in [1.82, 2.24) is 0 Å². The molecule has 0 N–H and O–H groups in total. The molecule has 0 radical (unpaired) electrons. The average Bonchev–Trinajstić information content (AvgIpc) is 2.83. The van der Waals surface area contributed by atoms with Crippen LogP contribution >= 0.6 is 0 Å². The first-order valence-electron chi connectivity index (χ1n) is 4.34. The van der Waals surface area contributed by atoms with Crippen molar-refractivity contribution in [2.45, 2.75) is 18.7 Å². The van der Waals surface area contributed by atoms with Crippen LogP contribution in [-0.2, 0) is 16.5 Å². The minimum atomic E-state index is -4.47. The molecular weight excluding hydrogens is 212 g/mol. The van der Waals surface area contributed by atoms with Crippen LogP contribution < -0.4 is 0 Å². The van der Waals surface area contributed by atoms with Crippen molar-refractivity contribution in [1.29, 1.82) is 0 Å². The summed E-state index contributed by atoms with van der Waals surface area (Å²) in [5, 5.41) is 0. The SMILES string of the molecule is CC1(c2cc(F)ccc2C(F)(F)F)CO1. The Bertz CT molecular complexity index is 393. The van der Waals surface area contributed by atoms with Gasteiger partial charge in [0.05, 0.1) is 12.2 Å². The first-order chi connectivity index (χ1) is 6.83.